The number of hydrogen-bond donors (Lipinski definition) is 0. The van der Waals surface area contributed by atoms with Gasteiger partial charge in [0.15, 0.2) is 5.76 Å². The highest BCUT2D eigenvalue weighted by atomic mass is 79.9. The Hall–Kier alpha value is -2.61. The van der Waals surface area contributed by atoms with Gasteiger partial charge in [-0.1, -0.05) is 0 Å². The van der Waals surface area contributed by atoms with Gasteiger partial charge < -0.3 is 9.47 Å². The lowest BCUT2D eigenvalue weighted by Crippen LogP contribution is -2.22. The highest BCUT2D eigenvalue weighted by molar-refractivity contribution is 9.12. The minimum absolute atomic E-state index is 0.0233. The van der Waals surface area contributed by atoms with Gasteiger partial charge in [-0.05, 0) is 28.1 Å². The first kappa shape index (κ1) is 15.3. The van der Waals surface area contributed by atoms with E-state index >= 15 is 0 Å². The molecule has 1 aliphatic rings. The van der Waals surface area contributed by atoms with E-state index < -0.39 is 5.78 Å². The second-order valence-electron chi connectivity index (χ2n) is 4.56. The molecule has 0 atom stereocenters. The maximum atomic E-state index is 12.4. The molecule has 0 unspecified atom stereocenters. The SMILES string of the molecule is COC1=C(Br)C(=O)c2nc(-c3cnc(OC)nc3)ccc2C1=O. The molecule has 23 heavy (non-hydrogen) atoms. The number of nitrogens with zero attached hydrogens (tertiary/aromatic N) is 3. The molecule has 0 saturated heterocycles. The van der Waals surface area contributed by atoms with E-state index in [1.165, 1.54) is 26.6 Å². The molecule has 0 bridgehead atoms. The second kappa shape index (κ2) is 5.88. The first-order chi connectivity index (χ1) is 11.1. The lowest BCUT2D eigenvalue weighted by molar-refractivity contribution is 0.0911. The number of carbonyl (C=O) groups excluding carboxylic acids is 2. The van der Waals surface area contributed by atoms with Gasteiger partial charge in [-0.15, -0.1) is 0 Å². The quantitative estimate of drug-likeness (QED) is 0.811. The zero-order chi connectivity index (χ0) is 16.6. The van der Waals surface area contributed by atoms with Crippen molar-refractivity contribution < 1.29 is 19.1 Å². The van der Waals surface area contributed by atoms with Gasteiger partial charge in [-0.25, -0.2) is 15.0 Å². The van der Waals surface area contributed by atoms with Gasteiger partial charge in [-0.3, -0.25) is 9.59 Å². The van der Waals surface area contributed by atoms with E-state index in [-0.39, 0.29) is 33.3 Å². The van der Waals surface area contributed by atoms with Crippen molar-refractivity contribution in [1.29, 1.82) is 0 Å². The maximum absolute atomic E-state index is 12.4. The molecule has 2 heterocycles. The molecule has 116 valence electrons. The van der Waals surface area contributed by atoms with Crippen LogP contribution in [0.5, 0.6) is 6.01 Å². The van der Waals surface area contributed by atoms with Crippen LogP contribution >= 0.6 is 15.9 Å². The smallest absolute Gasteiger partial charge is 0.316 e. The number of Topliss-reactive ketones (excluding diaryl/α,β-unsaturated/α-hetero) is 2. The third-order valence-electron chi connectivity index (χ3n) is 3.27. The van der Waals surface area contributed by atoms with Gasteiger partial charge in [0.05, 0.1) is 25.5 Å². The van der Waals surface area contributed by atoms with Crippen LogP contribution in [0, 0.1) is 0 Å². The van der Waals surface area contributed by atoms with Crippen molar-refractivity contribution in [2.45, 2.75) is 0 Å². The normalized spacial score (nSPS) is 13.9. The third kappa shape index (κ3) is 2.50. The second-order valence-corrected chi connectivity index (χ2v) is 5.35. The molecule has 0 aromatic carbocycles. The van der Waals surface area contributed by atoms with Crippen molar-refractivity contribution in [2.24, 2.45) is 0 Å². The summed E-state index contributed by atoms with van der Waals surface area (Å²) in [5, 5.41) is 0. The number of methoxy groups -OCH3 is 2. The summed E-state index contributed by atoms with van der Waals surface area (Å²) in [6, 6.07) is 3.40. The topological polar surface area (TPSA) is 91.3 Å². The first-order valence-electron chi connectivity index (χ1n) is 6.47. The summed E-state index contributed by atoms with van der Waals surface area (Å²) < 4.78 is 9.94. The van der Waals surface area contributed by atoms with Crippen LogP contribution in [0.2, 0.25) is 0 Å². The Bertz CT molecular complexity index is 846. The van der Waals surface area contributed by atoms with Gasteiger partial charge >= 0.3 is 6.01 Å². The fourth-order valence-corrected chi connectivity index (χ4v) is 2.67. The van der Waals surface area contributed by atoms with Crippen molar-refractivity contribution in [3.8, 4) is 17.3 Å². The third-order valence-corrected chi connectivity index (χ3v) is 3.99. The molecular formula is C15H10BrN3O4. The Morgan fingerprint density at radius 1 is 1.00 bits per heavy atom. The highest BCUT2D eigenvalue weighted by Gasteiger charge is 2.33. The van der Waals surface area contributed by atoms with Crippen LogP contribution in [0.4, 0.5) is 0 Å². The molecule has 0 radical (unpaired) electrons. The Balaban J connectivity index is 2.08. The Morgan fingerprint density at radius 2 is 1.70 bits per heavy atom. The van der Waals surface area contributed by atoms with Crippen molar-refractivity contribution >= 4 is 27.5 Å². The summed E-state index contributed by atoms with van der Waals surface area (Å²) >= 11 is 3.09. The minimum Gasteiger partial charge on any atom is -0.491 e. The van der Waals surface area contributed by atoms with E-state index in [0.717, 1.165) is 0 Å². The maximum Gasteiger partial charge on any atom is 0.316 e. The molecule has 0 fully saturated rings. The van der Waals surface area contributed by atoms with Gasteiger partial charge in [0.25, 0.3) is 0 Å². The molecule has 2 aromatic rings. The summed E-state index contributed by atoms with van der Waals surface area (Å²) in [5.74, 6) is -0.823. The lowest BCUT2D eigenvalue weighted by Gasteiger charge is -2.16. The molecule has 0 amide bonds. The zero-order valence-electron chi connectivity index (χ0n) is 12.2. The Kier molecular flexibility index (Phi) is 3.91. The number of ketones is 2. The molecule has 8 heteroatoms. The molecule has 0 saturated carbocycles. The van der Waals surface area contributed by atoms with E-state index in [4.69, 9.17) is 9.47 Å². The van der Waals surface area contributed by atoms with Crippen LogP contribution in [0.15, 0.2) is 34.8 Å². The molecule has 0 N–H and O–H groups in total. The van der Waals surface area contributed by atoms with E-state index in [0.29, 0.717) is 11.3 Å². The number of fused-ring (bicyclic) bond motifs is 1. The zero-order valence-corrected chi connectivity index (χ0v) is 13.7. The summed E-state index contributed by atoms with van der Waals surface area (Å²) in [5.41, 5.74) is 1.35. The number of allylic oxidation sites excluding steroid dienone is 2. The van der Waals surface area contributed by atoms with Crippen LogP contribution in [-0.4, -0.2) is 40.7 Å². The number of rotatable bonds is 3. The largest absolute Gasteiger partial charge is 0.491 e. The highest BCUT2D eigenvalue weighted by Crippen LogP contribution is 2.30. The average molecular weight is 376 g/mol. The Labute approximate surface area is 139 Å². The molecule has 0 spiro atoms. The fraction of sp³-hybridized carbons (Fsp3) is 0.133. The Morgan fingerprint density at radius 3 is 2.30 bits per heavy atom. The number of carbonyl (C=O) groups is 2. The van der Waals surface area contributed by atoms with E-state index in [2.05, 4.69) is 30.9 Å². The van der Waals surface area contributed by atoms with E-state index in [9.17, 15) is 9.59 Å². The van der Waals surface area contributed by atoms with Crippen LogP contribution < -0.4 is 4.74 Å². The van der Waals surface area contributed by atoms with Gasteiger partial charge in [0.2, 0.25) is 11.6 Å². The summed E-state index contributed by atoms with van der Waals surface area (Å²) in [7, 11) is 2.80. The monoisotopic (exact) mass is 375 g/mol. The van der Waals surface area contributed by atoms with Gasteiger partial charge in [0, 0.05) is 18.0 Å². The molecule has 3 rings (SSSR count). The summed E-state index contributed by atoms with van der Waals surface area (Å²) in [6.07, 6.45) is 3.06. The standard InChI is InChI=1S/C15H10BrN3O4/c1-22-14-10(16)13(21)11-8(12(14)20)3-4-9(19-11)7-5-17-15(23-2)18-6-7/h3-6H,1-2H3. The van der Waals surface area contributed by atoms with E-state index in [1.807, 2.05) is 0 Å². The van der Waals surface area contributed by atoms with Crippen molar-refractivity contribution in [1.82, 2.24) is 15.0 Å². The summed E-state index contributed by atoms with van der Waals surface area (Å²) in [4.78, 5) is 36.9. The fourth-order valence-electron chi connectivity index (χ4n) is 2.14. The van der Waals surface area contributed by atoms with Crippen molar-refractivity contribution in [3.63, 3.8) is 0 Å². The average Bonchev–Trinajstić information content (AvgIpc) is 2.60. The molecule has 0 aliphatic heterocycles. The first-order valence-corrected chi connectivity index (χ1v) is 7.26. The number of aromatic nitrogens is 3. The predicted octanol–water partition coefficient (Wildman–Crippen LogP) is 2.18. The number of halogens is 1. The molecular weight excluding hydrogens is 366 g/mol. The summed E-state index contributed by atoms with van der Waals surface area (Å²) in [6.45, 7) is 0. The van der Waals surface area contributed by atoms with Crippen molar-refractivity contribution in [3.05, 3.63) is 46.0 Å². The molecule has 7 nitrogen and oxygen atoms in total. The van der Waals surface area contributed by atoms with Gasteiger partial charge in [0.1, 0.15) is 10.2 Å². The molecule has 2 aromatic heterocycles. The minimum atomic E-state index is -0.410. The number of ether oxygens (including phenoxy) is 2. The number of pyridine rings is 1. The van der Waals surface area contributed by atoms with Crippen LogP contribution in [0.1, 0.15) is 20.8 Å². The number of hydrogen-bond acceptors (Lipinski definition) is 7. The van der Waals surface area contributed by atoms with Crippen LogP contribution in [0.25, 0.3) is 11.3 Å². The van der Waals surface area contributed by atoms with E-state index in [1.54, 1.807) is 12.1 Å². The van der Waals surface area contributed by atoms with Crippen LogP contribution in [-0.2, 0) is 4.74 Å². The van der Waals surface area contributed by atoms with Crippen molar-refractivity contribution in [2.75, 3.05) is 14.2 Å². The lowest BCUT2D eigenvalue weighted by atomic mass is 9.97. The predicted molar refractivity (Wildman–Crippen MR) is 83.4 cm³/mol. The molecule has 1 aliphatic carbocycles. The van der Waals surface area contributed by atoms with Gasteiger partial charge in [-0.2, -0.15) is 0 Å². The van der Waals surface area contributed by atoms with Crippen LogP contribution in [0.3, 0.4) is 0 Å².